The third kappa shape index (κ3) is 3.42. The van der Waals surface area contributed by atoms with Crippen molar-refractivity contribution in [2.24, 2.45) is 5.41 Å². The summed E-state index contributed by atoms with van der Waals surface area (Å²) in [5.41, 5.74) is 1.34. The van der Waals surface area contributed by atoms with E-state index in [9.17, 15) is 10.1 Å². The van der Waals surface area contributed by atoms with Gasteiger partial charge in [0, 0.05) is 41.6 Å². The molecule has 0 radical (unpaired) electrons. The summed E-state index contributed by atoms with van der Waals surface area (Å²) in [7, 11) is 1.56. The third-order valence-electron chi connectivity index (χ3n) is 3.55. The monoisotopic (exact) mass is 363 g/mol. The summed E-state index contributed by atoms with van der Waals surface area (Å²) in [6.07, 6.45) is 0.894. The molecule has 0 aliphatic heterocycles. The number of hydrogen-bond donors (Lipinski definition) is 1. The molecule has 22 heavy (non-hydrogen) atoms. The van der Waals surface area contributed by atoms with E-state index in [1.807, 2.05) is 42.8 Å². The summed E-state index contributed by atoms with van der Waals surface area (Å²) in [6, 6.07) is 8.03. The maximum absolute atomic E-state index is 11.0. The number of rotatable bonds is 4. The van der Waals surface area contributed by atoms with Gasteiger partial charge in [-0.05, 0) is 12.1 Å². The number of halogens is 1. The molecule has 2 rings (SSSR count). The first-order valence-electron chi connectivity index (χ1n) is 6.86. The van der Waals surface area contributed by atoms with Gasteiger partial charge in [-0.1, -0.05) is 35.8 Å². The fourth-order valence-corrected chi connectivity index (χ4v) is 3.05. The van der Waals surface area contributed by atoms with Gasteiger partial charge in [0.15, 0.2) is 0 Å². The summed E-state index contributed by atoms with van der Waals surface area (Å²) >= 11 is 3.45. The molecular formula is C16H18BrN3O2. The maximum Gasteiger partial charge on any atom is 0.407 e. The SMILES string of the molecule is CN(CC(C)(C)Cn1cc(C#N)c2ccc(Br)cc21)C(=O)O. The van der Waals surface area contributed by atoms with Crippen LogP contribution in [0.2, 0.25) is 0 Å². The van der Waals surface area contributed by atoms with Crippen molar-refractivity contribution in [3.8, 4) is 6.07 Å². The largest absolute Gasteiger partial charge is 0.465 e. The van der Waals surface area contributed by atoms with Crippen LogP contribution in [0, 0.1) is 16.7 Å². The van der Waals surface area contributed by atoms with Crippen molar-refractivity contribution < 1.29 is 9.90 Å². The van der Waals surface area contributed by atoms with Crippen LogP contribution in [0.25, 0.3) is 10.9 Å². The highest BCUT2D eigenvalue weighted by molar-refractivity contribution is 9.10. The van der Waals surface area contributed by atoms with E-state index in [1.54, 1.807) is 7.05 Å². The Bertz CT molecular complexity index is 759. The Kier molecular flexibility index (Phi) is 4.47. The van der Waals surface area contributed by atoms with Gasteiger partial charge in [0.05, 0.1) is 11.1 Å². The highest BCUT2D eigenvalue weighted by atomic mass is 79.9. The van der Waals surface area contributed by atoms with Crippen LogP contribution in [0.4, 0.5) is 4.79 Å². The minimum atomic E-state index is -0.939. The second-order valence-electron chi connectivity index (χ2n) is 6.25. The molecule has 0 spiro atoms. The lowest BCUT2D eigenvalue weighted by molar-refractivity contribution is 0.131. The normalized spacial score (nSPS) is 11.4. The number of nitriles is 1. The number of carbonyl (C=O) groups is 1. The summed E-state index contributed by atoms with van der Waals surface area (Å²) in [5, 5.41) is 19.2. The molecule has 0 saturated carbocycles. The number of nitrogens with zero attached hydrogens (tertiary/aromatic N) is 3. The quantitative estimate of drug-likeness (QED) is 0.894. The summed E-state index contributed by atoms with van der Waals surface area (Å²) in [6.45, 7) is 5.07. The van der Waals surface area contributed by atoms with E-state index >= 15 is 0 Å². The first-order chi connectivity index (χ1) is 10.2. The predicted octanol–water partition coefficient (Wildman–Crippen LogP) is 3.91. The molecule has 1 N–H and O–H groups in total. The second-order valence-corrected chi connectivity index (χ2v) is 7.16. The standard InChI is InChI=1S/C16H18BrN3O2/c1-16(2,9-19(3)15(21)22)10-20-8-11(7-18)13-5-4-12(17)6-14(13)20/h4-6,8H,9-10H2,1-3H3,(H,21,22). The van der Waals surface area contributed by atoms with Crippen molar-refractivity contribution in [1.29, 1.82) is 5.26 Å². The molecule has 1 aromatic carbocycles. The van der Waals surface area contributed by atoms with Crippen molar-refractivity contribution in [2.45, 2.75) is 20.4 Å². The first-order valence-corrected chi connectivity index (χ1v) is 7.65. The number of carboxylic acid groups (broad SMARTS) is 1. The highest BCUT2D eigenvalue weighted by Crippen LogP contribution is 2.28. The van der Waals surface area contributed by atoms with E-state index < -0.39 is 6.09 Å². The van der Waals surface area contributed by atoms with E-state index in [-0.39, 0.29) is 5.41 Å². The molecule has 0 saturated heterocycles. The van der Waals surface area contributed by atoms with Gasteiger partial charge in [0.2, 0.25) is 0 Å². The highest BCUT2D eigenvalue weighted by Gasteiger charge is 2.24. The molecule has 0 aliphatic rings. The van der Waals surface area contributed by atoms with Gasteiger partial charge in [-0.15, -0.1) is 0 Å². The zero-order valence-electron chi connectivity index (χ0n) is 12.8. The Hall–Kier alpha value is -2.00. The van der Waals surface area contributed by atoms with Gasteiger partial charge in [-0.3, -0.25) is 0 Å². The Balaban J connectivity index is 2.37. The number of benzene rings is 1. The molecule has 0 fully saturated rings. The van der Waals surface area contributed by atoms with E-state index in [0.717, 1.165) is 15.4 Å². The number of fused-ring (bicyclic) bond motifs is 1. The fourth-order valence-electron chi connectivity index (χ4n) is 2.71. The van der Waals surface area contributed by atoms with Crippen LogP contribution in [0.5, 0.6) is 0 Å². The Labute approximate surface area is 137 Å². The van der Waals surface area contributed by atoms with Gasteiger partial charge in [0.25, 0.3) is 0 Å². The van der Waals surface area contributed by atoms with Gasteiger partial charge in [-0.25, -0.2) is 4.79 Å². The zero-order valence-corrected chi connectivity index (χ0v) is 14.4. The van der Waals surface area contributed by atoms with Crippen LogP contribution in [0.1, 0.15) is 19.4 Å². The smallest absolute Gasteiger partial charge is 0.407 e. The molecular weight excluding hydrogens is 346 g/mol. The van der Waals surface area contributed by atoms with E-state index in [0.29, 0.717) is 18.7 Å². The molecule has 5 nitrogen and oxygen atoms in total. The van der Waals surface area contributed by atoms with Crippen molar-refractivity contribution in [1.82, 2.24) is 9.47 Å². The molecule has 0 atom stereocenters. The fraction of sp³-hybridized carbons (Fsp3) is 0.375. The van der Waals surface area contributed by atoms with Crippen LogP contribution < -0.4 is 0 Å². The lowest BCUT2D eigenvalue weighted by Gasteiger charge is -2.29. The lowest BCUT2D eigenvalue weighted by atomic mass is 9.92. The van der Waals surface area contributed by atoms with E-state index in [1.165, 1.54) is 4.90 Å². The molecule has 1 amide bonds. The van der Waals surface area contributed by atoms with Crippen LogP contribution >= 0.6 is 15.9 Å². The van der Waals surface area contributed by atoms with Crippen molar-refractivity contribution >= 4 is 32.9 Å². The Morgan fingerprint density at radius 2 is 2.18 bits per heavy atom. The average molecular weight is 364 g/mol. The minimum Gasteiger partial charge on any atom is -0.465 e. The second kappa shape index (κ2) is 6.01. The van der Waals surface area contributed by atoms with Gasteiger partial charge < -0.3 is 14.6 Å². The van der Waals surface area contributed by atoms with Crippen LogP contribution in [-0.2, 0) is 6.54 Å². The molecule has 0 bridgehead atoms. The molecule has 1 heterocycles. The van der Waals surface area contributed by atoms with Gasteiger partial charge in [0.1, 0.15) is 6.07 Å². The maximum atomic E-state index is 11.0. The van der Waals surface area contributed by atoms with Crippen molar-refractivity contribution in [3.05, 3.63) is 34.4 Å². The summed E-state index contributed by atoms with van der Waals surface area (Å²) in [5.74, 6) is 0. The topological polar surface area (TPSA) is 69.3 Å². The number of aromatic nitrogens is 1. The minimum absolute atomic E-state index is 0.256. The molecule has 1 aromatic heterocycles. The van der Waals surface area contributed by atoms with Crippen LogP contribution in [-0.4, -0.2) is 34.3 Å². The van der Waals surface area contributed by atoms with Crippen LogP contribution in [0.3, 0.4) is 0 Å². The Morgan fingerprint density at radius 3 is 2.77 bits per heavy atom. The van der Waals surface area contributed by atoms with E-state index in [4.69, 9.17) is 5.11 Å². The van der Waals surface area contributed by atoms with Gasteiger partial charge in [-0.2, -0.15) is 5.26 Å². The predicted molar refractivity (Wildman–Crippen MR) is 88.8 cm³/mol. The lowest BCUT2D eigenvalue weighted by Crippen LogP contribution is -2.37. The first kappa shape index (κ1) is 16.4. The molecule has 0 aliphatic carbocycles. The third-order valence-corrected chi connectivity index (χ3v) is 4.05. The van der Waals surface area contributed by atoms with E-state index in [2.05, 4.69) is 22.0 Å². The summed E-state index contributed by atoms with van der Waals surface area (Å²) < 4.78 is 2.97. The molecule has 2 aromatic rings. The summed E-state index contributed by atoms with van der Waals surface area (Å²) in [4.78, 5) is 12.3. The van der Waals surface area contributed by atoms with Gasteiger partial charge >= 0.3 is 6.09 Å². The molecule has 6 heteroatoms. The molecule has 116 valence electrons. The number of hydrogen-bond acceptors (Lipinski definition) is 2. The molecule has 0 unspecified atom stereocenters. The zero-order chi connectivity index (χ0) is 16.5. The van der Waals surface area contributed by atoms with Crippen molar-refractivity contribution in [3.63, 3.8) is 0 Å². The number of amides is 1. The average Bonchev–Trinajstić information content (AvgIpc) is 2.74. The Morgan fingerprint density at radius 1 is 1.50 bits per heavy atom. The van der Waals surface area contributed by atoms with Crippen molar-refractivity contribution in [2.75, 3.05) is 13.6 Å². The van der Waals surface area contributed by atoms with Crippen LogP contribution in [0.15, 0.2) is 28.9 Å².